The number of carbonyl (C=O) groups excluding carboxylic acids is 1. The van der Waals surface area contributed by atoms with Crippen LogP contribution in [0.25, 0.3) is 0 Å². The highest BCUT2D eigenvalue weighted by Crippen LogP contribution is 2.37. The molecule has 0 aromatic carbocycles. The monoisotopic (exact) mass is 370 g/mol. The normalized spacial score (nSPS) is 22.5. The number of amides is 1. The predicted molar refractivity (Wildman–Crippen MR) is 96.3 cm³/mol. The van der Waals surface area contributed by atoms with Crippen LogP contribution in [-0.4, -0.2) is 38.0 Å². The van der Waals surface area contributed by atoms with E-state index in [4.69, 9.17) is 0 Å². The van der Waals surface area contributed by atoms with Crippen LogP contribution in [0.2, 0.25) is 0 Å². The van der Waals surface area contributed by atoms with E-state index in [1.54, 1.807) is 11.3 Å². The highest BCUT2D eigenvalue weighted by atomic mass is 32.2. The first kappa shape index (κ1) is 17.9. The van der Waals surface area contributed by atoms with Crippen LogP contribution in [0, 0.1) is 11.8 Å². The molecule has 24 heavy (non-hydrogen) atoms. The fourth-order valence-corrected chi connectivity index (χ4v) is 5.64. The van der Waals surface area contributed by atoms with Gasteiger partial charge in [-0.15, -0.1) is 11.3 Å². The van der Waals surface area contributed by atoms with Gasteiger partial charge in [0.15, 0.2) is 0 Å². The molecule has 134 valence electrons. The molecule has 7 heteroatoms. The van der Waals surface area contributed by atoms with Crippen molar-refractivity contribution in [1.29, 1.82) is 0 Å². The van der Waals surface area contributed by atoms with Crippen LogP contribution in [0.5, 0.6) is 0 Å². The quantitative estimate of drug-likeness (QED) is 0.867. The summed E-state index contributed by atoms with van der Waals surface area (Å²) < 4.78 is 24.7. The van der Waals surface area contributed by atoms with Crippen molar-refractivity contribution in [2.24, 2.45) is 11.8 Å². The second-order valence-electron chi connectivity index (χ2n) is 6.98. The van der Waals surface area contributed by atoms with E-state index in [-0.39, 0.29) is 17.9 Å². The number of hydrogen-bond acceptors (Lipinski definition) is 4. The average molecular weight is 371 g/mol. The van der Waals surface area contributed by atoms with Gasteiger partial charge in [0.25, 0.3) is 0 Å². The first-order valence-corrected chi connectivity index (χ1v) is 11.5. The number of hydrogen-bond donors (Lipinski definition) is 1. The summed E-state index contributed by atoms with van der Waals surface area (Å²) in [6.45, 7) is 0.897. The molecule has 0 radical (unpaired) electrons. The second kappa shape index (κ2) is 7.54. The zero-order valence-corrected chi connectivity index (χ0v) is 15.7. The van der Waals surface area contributed by atoms with E-state index >= 15 is 0 Å². The van der Waals surface area contributed by atoms with Crippen LogP contribution >= 0.6 is 11.3 Å². The molecule has 0 bridgehead atoms. The Morgan fingerprint density at radius 2 is 1.92 bits per heavy atom. The number of carbonyl (C=O) groups is 1. The molecule has 1 aliphatic heterocycles. The maximum Gasteiger partial charge on any atom is 0.223 e. The molecule has 1 aliphatic carbocycles. The molecular weight excluding hydrogens is 344 g/mol. The zero-order valence-electron chi connectivity index (χ0n) is 14.1. The van der Waals surface area contributed by atoms with Crippen molar-refractivity contribution in [2.75, 3.05) is 19.3 Å². The third-order valence-corrected chi connectivity index (χ3v) is 7.57. The van der Waals surface area contributed by atoms with Gasteiger partial charge >= 0.3 is 0 Å². The molecule has 1 amide bonds. The molecular formula is C17H26N2O3S2. The molecule has 3 rings (SSSR count). The summed E-state index contributed by atoms with van der Waals surface area (Å²) >= 11 is 1.71. The summed E-state index contributed by atoms with van der Waals surface area (Å²) in [6.07, 6.45) is 7.30. The number of nitrogens with one attached hydrogen (secondary N) is 1. The van der Waals surface area contributed by atoms with Gasteiger partial charge in [-0.1, -0.05) is 18.9 Å². The standard InChI is InChI=1S/C17H26N2O3S2/c1-24(21,22)19-10-8-14(9-11-19)17(20)18-16(13-5-2-3-6-13)15-7-4-12-23-15/h4,7,12-14,16H,2-3,5-6,8-11H2,1H3,(H,18,20)/t16-/m0/s1. The summed E-state index contributed by atoms with van der Waals surface area (Å²) in [5, 5.41) is 5.35. The fraction of sp³-hybridized carbons (Fsp3) is 0.706. The highest BCUT2D eigenvalue weighted by molar-refractivity contribution is 7.88. The van der Waals surface area contributed by atoms with Crippen LogP contribution in [-0.2, 0) is 14.8 Å². The van der Waals surface area contributed by atoms with Crippen molar-refractivity contribution >= 4 is 27.3 Å². The number of nitrogens with zero attached hydrogens (tertiary/aromatic N) is 1. The van der Waals surface area contributed by atoms with Gasteiger partial charge in [0.05, 0.1) is 12.3 Å². The van der Waals surface area contributed by atoms with Crippen molar-refractivity contribution in [3.63, 3.8) is 0 Å². The van der Waals surface area contributed by atoms with E-state index in [1.165, 1.54) is 41.1 Å². The average Bonchev–Trinajstić information content (AvgIpc) is 3.25. The van der Waals surface area contributed by atoms with Crippen LogP contribution in [0.4, 0.5) is 0 Å². The number of sulfonamides is 1. The second-order valence-corrected chi connectivity index (χ2v) is 9.94. The fourth-order valence-electron chi connectivity index (χ4n) is 3.90. The lowest BCUT2D eigenvalue weighted by atomic mass is 9.93. The number of thiophene rings is 1. The molecule has 5 nitrogen and oxygen atoms in total. The molecule has 1 aromatic rings. The third-order valence-electron chi connectivity index (χ3n) is 5.31. The SMILES string of the molecule is CS(=O)(=O)N1CCC(C(=O)N[C@H](c2cccs2)C2CCCC2)CC1. The predicted octanol–water partition coefficient (Wildman–Crippen LogP) is 2.77. The van der Waals surface area contributed by atoms with Crippen LogP contribution in [0.3, 0.4) is 0 Å². The minimum atomic E-state index is -3.14. The molecule has 1 saturated carbocycles. The Hall–Kier alpha value is -0.920. The van der Waals surface area contributed by atoms with Crippen LogP contribution < -0.4 is 5.32 Å². The summed E-state index contributed by atoms with van der Waals surface area (Å²) in [4.78, 5) is 14.0. The topological polar surface area (TPSA) is 66.5 Å². The maximum absolute atomic E-state index is 12.7. The van der Waals surface area contributed by atoms with Gasteiger partial charge in [0.1, 0.15) is 0 Å². The summed E-state index contributed by atoms with van der Waals surface area (Å²) in [5.74, 6) is 0.545. The first-order chi connectivity index (χ1) is 11.4. The van der Waals surface area contributed by atoms with Gasteiger partial charge in [-0.05, 0) is 43.0 Å². The van der Waals surface area contributed by atoms with E-state index < -0.39 is 10.0 Å². The van der Waals surface area contributed by atoms with Crippen molar-refractivity contribution in [1.82, 2.24) is 9.62 Å². The Morgan fingerprint density at radius 3 is 2.46 bits per heavy atom. The highest BCUT2D eigenvalue weighted by Gasteiger charge is 2.33. The molecule has 1 saturated heterocycles. The lowest BCUT2D eigenvalue weighted by molar-refractivity contribution is -0.127. The van der Waals surface area contributed by atoms with Crippen molar-refractivity contribution < 1.29 is 13.2 Å². The molecule has 0 spiro atoms. The largest absolute Gasteiger partial charge is 0.348 e. The molecule has 2 fully saturated rings. The summed E-state index contributed by atoms with van der Waals surface area (Å²) in [7, 11) is -3.14. The smallest absolute Gasteiger partial charge is 0.223 e. The van der Waals surface area contributed by atoms with Gasteiger partial charge in [-0.25, -0.2) is 12.7 Å². The van der Waals surface area contributed by atoms with Gasteiger partial charge in [-0.3, -0.25) is 4.79 Å². The summed E-state index contributed by atoms with van der Waals surface area (Å²) in [6, 6.07) is 4.27. The van der Waals surface area contributed by atoms with Crippen LogP contribution in [0.15, 0.2) is 17.5 Å². The van der Waals surface area contributed by atoms with E-state index in [2.05, 4.69) is 16.8 Å². The van der Waals surface area contributed by atoms with Crippen molar-refractivity contribution in [3.05, 3.63) is 22.4 Å². The Balaban J connectivity index is 1.62. The lowest BCUT2D eigenvalue weighted by Crippen LogP contribution is -2.44. The number of rotatable bonds is 5. The molecule has 1 aromatic heterocycles. The molecule has 0 unspecified atom stereocenters. The molecule has 1 atom stereocenters. The van der Waals surface area contributed by atoms with Crippen molar-refractivity contribution in [3.8, 4) is 0 Å². The molecule has 1 N–H and O–H groups in total. The zero-order chi connectivity index (χ0) is 17.2. The Morgan fingerprint density at radius 1 is 1.25 bits per heavy atom. The van der Waals surface area contributed by atoms with E-state index in [9.17, 15) is 13.2 Å². The van der Waals surface area contributed by atoms with E-state index in [1.807, 2.05) is 6.07 Å². The minimum Gasteiger partial charge on any atom is -0.348 e. The Kier molecular flexibility index (Phi) is 5.62. The molecule has 2 aliphatic rings. The van der Waals surface area contributed by atoms with Gasteiger partial charge in [0, 0.05) is 23.9 Å². The maximum atomic E-state index is 12.7. The van der Waals surface area contributed by atoms with Crippen molar-refractivity contribution in [2.45, 2.75) is 44.6 Å². The first-order valence-electron chi connectivity index (χ1n) is 8.74. The molecule has 2 heterocycles. The summed E-state index contributed by atoms with van der Waals surface area (Å²) in [5.41, 5.74) is 0. The lowest BCUT2D eigenvalue weighted by Gasteiger charge is -2.31. The van der Waals surface area contributed by atoms with E-state index in [0.29, 0.717) is 31.8 Å². The Bertz CT molecular complexity index is 643. The third kappa shape index (κ3) is 4.18. The minimum absolute atomic E-state index is 0.0770. The van der Waals surface area contributed by atoms with Gasteiger partial charge in [0.2, 0.25) is 15.9 Å². The van der Waals surface area contributed by atoms with Gasteiger partial charge < -0.3 is 5.32 Å². The van der Waals surface area contributed by atoms with E-state index in [0.717, 1.165) is 0 Å². The van der Waals surface area contributed by atoms with Crippen LogP contribution in [0.1, 0.15) is 49.4 Å². The van der Waals surface area contributed by atoms with Gasteiger partial charge in [-0.2, -0.15) is 0 Å². The number of piperidine rings is 1. The Labute approximate surface area is 148 Å².